The summed E-state index contributed by atoms with van der Waals surface area (Å²) in [5, 5.41) is 9.86. The van der Waals surface area contributed by atoms with Crippen molar-refractivity contribution in [3.63, 3.8) is 0 Å². The van der Waals surface area contributed by atoms with E-state index in [1.165, 1.54) is 0 Å². The zero-order valence-corrected chi connectivity index (χ0v) is 12.6. The molecule has 0 unspecified atom stereocenters. The van der Waals surface area contributed by atoms with Crippen LogP contribution in [0, 0.1) is 11.3 Å². The lowest BCUT2D eigenvalue weighted by Crippen LogP contribution is -1.89. The lowest BCUT2D eigenvalue weighted by atomic mass is 10.2. The molecule has 6 heteroatoms. The lowest BCUT2D eigenvalue weighted by molar-refractivity contribution is 1.17. The largest absolute Gasteiger partial charge is 0.337 e. The molecule has 0 atom stereocenters. The van der Waals surface area contributed by atoms with Crippen LogP contribution < -0.4 is 0 Å². The molecule has 0 fully saturated rings. The quantitative estimate of drug-likeness (QED) is 0.569. The average Bonchev–Trinajstić information content (AvgIpc) is 3.13. The standard InChI is InChI=1S/C17H10ClN5/c18-16-14(23-8-4-3-7-15(23)22-16)9-11(10-19)17-20-12-5-1-2-6-13(12)21-17/h1-9H,(H,20,21)/b11-9-. The van der Waals surface area contributed by atoms with Crippen molar-refractivity contribution in [1.82, 2.24) is 19.4 Å². The van der Waals surface area contributed by atoms with E-state index in [4.69, 9.17) is 11.6 Å². The van der Waals surface area contributed by atoms with E-state index in [0.717, 1.165) is 16.7 Å². The highest BCUT2D eigenvalue weighted by atomic mass is 35.5. The number of rotatable bonds is 2. The molecular weight excluding hydrogens is 310 g/mol. The SMILES string of the molecule is N#C/C(=C/c1c(Cl)nc2ccccn12)c1nc2ccccc2[nH]1. The maximum atomic E-state index is 9.52. The number of nitriles is 1. The molecule has 0 aliphatic heterocycles. The summed E-state index contributed by atoms with van der Waals surface area (Å²) < 4.78 is 1.84. The highest BCUT2D eigenvalue weighted by molar-refractivity contribution is 6.31. The van der Waals surface area contributed by atoms with Gasteiger partial charge in [0.05, 0.1) is 22.3 Å². The molecule has 3 aromatic heterocycles. The highest BCUT2D eigenvalue weighted by Crippen LogP contribution is 2.24. The summed E-state index contributed by atoms with van der Waals surface area (Å²) in [6.45, 7) is 0. The van der Waals surface area contributed by atoms with Crippen LogP contribution >= 0.6 is 11.6 Å². The Bertz CT molecular complexity index is 1060. The highest BCUT2D eigenvalue weighted by Gasteiger charge is 2.12. The molecule has 0 radical (unpaired) electrons. The fraction of sp³-hybridized carbons (Fsp3) is 0. The number of fused-ring (bicyclic) bond motifs is 2. The fourth-order valence-corrected chi connectivity index (χ4v) is 2.72. The Hall–Kier alpha value is -3.10. The summed E-state index contributed by atoms with van der Waals surface area (Å²) in [7, 11) is 0. The van der Waals surface area contributed by atoms with Gasteiger partial charge in [0.1, 0.15) is 17.5 Å². The van der Waals surface area contributed by atoms with Gasteiger partial charge in [0, 0.05) is 6.20 Å². The number of allylic oxidation sites excluding steroid dienone is 1. The normalized spacial score (nSPS) is 11.9. The molecule has 0 aliphatic carbocycles. The maximum absolute atomic E-state index is 9.52. The topological polar surface area (TPSA) is 69.8 Å². The summed E-state index contributed by atoms with van der Waals surface area (Å²) in [4.78, 5) is 11.9. The predicted octanol–water partition coefficient (Wildman–Crippen LogP) is 3.93. The molecule has 110 valence electrons. The Morgan fingerprint density at radius 2 is 2.00 bits per heavy atom. The third-order valence-electron chi connectivity index (χ3n) is 3.57. The van der Waals surface area contributed by atoms with Gasteiger partial charge >= 0.3 is 0 Å². The van der Waals surface area contributed by atoms with Crippen molar-refractivity contribution in [3.8, 4) is 6.07 Å². The minimum absolute atomic E-state index is 0.347. The number of hydrogen-bond donors (Lipinski definition) is 1. The van der Waals surface area contributed by atoms with Gasteiger partial charge in [-0.3, -0.25) is 4.40 Å². The summed E-state index contributed by atoms with van der Waals surface area (Å²) >= 11 is 6.22. The third kappa shape index (κ3) is 2.26. The van der Waals surface area contributed by atoms with Crippen LogP contribution in [-0.4, -0.2) is 19.4 Å². The Labute approximate surface area is 136 Å². The van der Waals surface area contributed by atoms with E-state index in [1.54, 1.807) is 6.08 Å². The van der Waals surface area contributed by atoms with Gasteiger partial charge in [-0.15, -0.1) is 0 Å². The van der Waals surface area contributed by atoms with Crippen LogP contribution in [0.15, 0.2) is 48.7 Å². The summed E-state index contributed by atoms with van der Waals surface area (Å²) in [5.74, 6) is 0.510. The molecule has 3 heterocycles. The number of aromatic nitrogens is 4. The number of H-pyrrole nitrogens is 1. The monoisotopic (exact) mass is 319 g/mol. The molecule has 4 rings (SSSR count). The van der Waals surface area contributed by atoms with Crippen LogP contribution in [0.3, 0.4) is 0 Å². The molecule has 5 nitrogen and oxygen atoms in total. The second-order valence-electron chi connectivity index (χ2n) is 4.99. The smallest absolute Gasteiger partial charge is 0.155 e. The lowest BCUT2D eigenvalue weighted by Gasteiger charge is -1.97. The minimum Gasteiger partial charge on any atom is -0.337 e. The van der Waals surface area contributed by atoms with E-state index in [2.05, 4.69) is 21.0 Å². The van der Waals surface area contributed by atoms with Gasteiger partial charge in [-0.2, -0.15) is 5.26 Å². The van der Waals surface area contributed by atoms with Crippen LogP contribution in [0.25, 0.3) is 28.3 Å². The molecule has 0 bridgehead atoms. The summed E-state index contributed by atoms with van der Waals surface area (Å²) in [5.41, 5.74) is 3.47. The predicted molar refractivity (Wildman–Crippen MR) is 89.8 cm³/mol. The van der Waals surface area contributed by atoms with Crippen LogP contribution in [-0.2, 0) is 0 Å². The third-order valence-corrected chi connectivity index (χ3v) is 3.85. The zero-order valence-electron chi connectivity index (χ0n) is 11.9. The molecule has 0 aliphatic rings. The van der Waals surface area contributed by atoms with Crippen LogP contribution in [0.1, 0.15) is 11.5 Å². The van der Waals surface area contributed by atoms with Gasteiger partial charge in [0.15, 0.2) is 5.15 Å². The molecule has 23 heavy (non-hydrogen) atoms. The Balaban J connectivity index is 1.90. The summed E-state index contributed by atoms with van der Waals surface area (Å²) in [6, 6.07) is 15.4. The number of pyridine rings is 1. The van der Waals surface area contributed by atoms with Crippen molar-refractivity contribution in [1.29, 1.82) is 5.26 Å². The number of hydrogen-bond acceptors (Lipinski definition) is 3. The van der Waals surface area contributed by atoms with Crippen LogP contribution in [0.4, 0.5) is 0 Å². The molecule has 1 aromatic carbocycles. The summed E-state index contributed by atoms with van der Waals surface area (Å²) in [6.07, 6.45) is 3.55. The number of halogens is 1. The Morgan fingerprint density at radius 3 is 2.83 bits per heavy atom. The molecular formula is C17H10ClN5. The second kappa shape index (κ2) is 5.27. The molecule has 0 spiro atoms. The van der Waals surface area contributed by atoms with Gasteiger partial charge in [0.25, 0.3) is 0 Å². The first-order valence-electron chi connectivity index (χ1n) is 6.96. The number of imidazole rings is 2. The maximum Gasteiger partial charge on any atom is 0.155 e. The van der Waals surface area contributed by atoms with Crippen molar-refractivity contribution in [3.05, 3.63) is 65.3 Å². The van der Waals surface area contributed by atoms with E-state index in [9.17, 15) is 5.26 Å². The first-order valence-corrected chi connectivity index (χ1v) is 7.33. The van der Waals surface area contributed by atoms with Gasteiger partial charge < -0.3 is 4.98 Å². The minimum atomic E-state index is 0.347. The second-order valence-corrected chi connectivity index (χ2v) is 5.35. The van der Waals surface area contributed by atoms with Crippen molar-refractivity contribution >= 4 is 39.9 Å². The number of nitrogens with zero attached hydrogens (tertiary/aromatic N) is 4. The molecule has 0 saturated carbocycles. The average molecular weight is 320 g/mol. The molecule has 1 N–H and O–H groups in total. The van der Waals surface area contributed by atoms with Crippen molar-refractivity contribution in [2.45, 2.75) is 0 Å². The number of nitrogens with one attached hydrogen (secondary N) is 1. The van der Waals surface area contributed by atoms with Crippen LogP contribution in [0.5, 0.6) is 0 Å². The Morgan fingerprint density at radius 1 is 1.17 bits per heavy atom. The van der Waals surface area contributed by atoms with E-state index in [1.807, 2.05) is 53.1 Å². The number of para-hydroxylation sites is 2. The van der Waals surface area contributed by atoms with E-state index < -0.39 is 0 Å². The van der Waals surface area contributed by atoms with Crippen molar-refractivity contribution in [2.75, 3.05) is 0 Å². The van der Waals surface area contributed by atoms with Gasteiger partial charge in [-0.1, -0.05) is 29.8 Å². The van der Waals surface area contributed by atoms with Gasteiger partial charge in [-0.05, 0) is 30.3 Å². The van der Waals surface area contributed by atoms with E-state index in [-0.39, 0.29) is 0 Å². The van der Waals surface area contributed by atoms with Crippen molar-refractivity contribution in [2.24, 2.45) is 0 Å². The first kappa shape index (κ1) is 13.6. The molecule has 4 aromatic rings. The van der Waals surface area contributed by atoms with E-state index in [0.29, 0.717) is 22.2 Å². The molecule has 0 saturated heterocycles. The van der Waals surface area contributed by atoms with Crippen LogP contribution in [0.2, 0.25) is 5.15 Å². The zero-order chi connectivity index (χ0) is 15.8. The van der Waals surface area contributed by atoms with Crippen molar-refractivity contribution < 1.29 is 0 Å². The van der Waals surface area contributed by atoms with Gasteiger partial charge in [-0.25, -0.2) is 9.97 Å². The number of benzene rings is 1. The first-order chi connectivity index (χ1) is 11.3. The van der Waals surface area contributed by atoms with E-state index >= 15 is 0 Å². The fourth-order valence-electron chi connectivity index (χ4n) is 2.49. The number of aromatic amines is 1. The Kier molecular flexibility index (Phi) is 3.11. The van der Waals surface area contributed by atoms with Gasteiger partial charge in [0.2, 0.25) is 0 Å². The molecule has 0 amide bonds.